The minimum atomic E-state index is -0.391. The first-order valence-corrected chi connectivity index (χ1v) is 5.93. The van der Waals surface area contributed by atoms with Crippen molar-refractivity contribution < 1.29 is 4.92 Å². The lowest BCUT2D eigenvalue weighted by molar-refractivity contribution is -0.380. The van der Waals surface area contributed by atoms with Gasteiger partial charge in [-0.2, -0.15) is 0 Å². The van der Waals surface area contributed by atoms with Crippen LogP contribution in [-0.2, 0) is 6.54 Å². The maximum atomic E-state index is 10.5. The minimum absolute atomic E-state index is 0.148. The Morgan fingerprint density at radius 3 is 2.94 bits per heavy atom. The Morgan fingerprint density at radius 2 is 2.29 bits per heavy atom. The van der Waals surface area contributed by atoms with Crippen molar-refractivity contribution >= 4 is 33.6 Å². The molecule has 0 radical (unpaired) electrons. The van der Waals surface area contributed by atoms with Crippen molar-refractivity contribution in [1.82, 2.24) is 4.98 Å². The molecule has 0 saturated heterocycles. The molecule has 2 aromatic rings. The van der Waals surface area contributed by atoms with Gasteiger partial charge in [-0.25, -0.2) is 4.98 Å². The third kappa shape index (κ3) is 3.15. The zero-order valence-electron chi connectivity index (χ0n) is 8.59. The molecule has 7 heteroatoms. The van der Waals surface area contributed by atoms with Gasteiger partial charge in [0.25, 0.3) is 0 Å². The van der Waals surface area contributed by atoms with Crippen LogP contribution in [0.4, 0.5) is 10.7 Å². The van der Waals surface area contributed by atoms with Gasteiger partial charge in [0.15, 0.2) is 0 Å². The minimum Gasteiger partial charge on any atom is -0.380 e. The van der Waals surface area contributed by atoms with Gasteiger partial charge in [0.2, 0.25) is 0 Å². The summed E-state index contributed by atoms with van der Waals surface area (Å²) in [5.74, 6) is 0. The Kier molecular flexibility index (Phi) is 3.55. The number of aromatic nitrogens is 1. The fourth-order valence-corrected chi connectivity index (χ4v) is 2.19. The van der Waals surface area contributed by atoms with E-state index in [0.717, 1.165) is 21.9 Å². The second kappa shape index (κ2) is 5.11. The van der Waals surface area contributed by atoms with Crippen molar-refractivity contribution in [2.75, 3.05) is 5.32 Å². The summed E-state index contributed by atoms with van der Waals surface area (Å²) in [6, 6.07) is 6.72. The smallest absolute Gasteiger partial charge is 0.324 e. The summed E-state index contributed by atoms with van der Waals surface area (Å²) in [6.45, 7) is 0.527. The van der Waals surface area contributed by atoms with Crippen LogP contribution in [0.25, 0.3) is 0 Å². The number of halogens is 1. The average molecular weight is 270 g/mol. The third-order valence-corrected chi connectivity index (χ3v) is 3.26. The molecular formula is C10H8ClN3O2S. The van der Waals surface area contributed by atoms with Crippen molar-refractivity contribution in [2.24, 2.45) is 0 Å². The quantitative estimate of drug-likeness (QED) is 0.525. The second-order valence-electron chi connectivity index (χ2n) is 3.22. The molecule has 5 nitrogen and oxygen atoms in total. The molecule has 17 heavy (non-hydrogen) atoms. The molecule has 0 saturated carbocycles. The van der Waals surface area contributed by atoms with Crippen LogP contribution in [0.15, 0.2) is 30.5 Å². The van der Waals surface area contributed by atoms with Gasteiger partial charge >= 0.3 is 5.00 Å². The summed E-state index contributed by atoms with van der Waals surface area (Å²) in [6.07, 6.45) is 1.60. The summed E-state index contributed by atoms with van der Waals surface area (Å²) in [7, 11) is 0. The molecule has 2 heterocycles. The maximum Gasteiger partial charge on any atom is 0.324 e. The summed E-state index contributed by atoms with van der Waals surface area (Å²) < 4.78 is 0. The molecule has 88 valence electrons. The van der Waals surface area contributed by atoms with Gasteiger partial charge in [-0.05, 0) is 18.2 Å². The first kappa shape index (κ1) is 11.8. The number of pyridine rings is 1. The molecule has 0 aliphatic carbocycles. The summed E-state index contributed by atoms with van der Waals surface area (Å²) in [4.78, 5) is 14.9. The highest BCUT2D eigenvalue weighted by Gasteiger charge is 2.09. The van der Waals surface area contributed by atoms with Crippen LogP contribution >= 0.6 is 22.9 Å². The van der Waals surface area contributed by atoms with Crippen molar-refractivity contribution in [3.05, 3.63) is 50.6 Å². The first-order valence-electron chi connectivity index (χ1n) is 4.73. The van der Waals surface area contributed by atoms with Crippen LogP contribution < -0.4 is 5.32 Å². The highest BCUT2D eigenvalue weighted by molar-refractivity contribution is 7.15. The van der Waals surface area contributed by atoms with Gasteiger partial charge in [-0.15, -0.1) is 0 Å². The predicted molar refractivity (Wildman–Crippen MR) is 67.5 cm³/mol. The highest BCUT2D eigenvalue weighted by atomic mass is 35.5. The van der Waals surface area contributed by atoms with Gasteiger partial charge < -0.3 is 5.32 Å². The third-order valence-electron chi connectivity index (χ3n) is 2.02. The van der Waals surface area contributed by atoms with E-state index >= 15 is 0 Å². The zero-order chi connectivity index (χ0) is 12.3. The highest BCUT2D eigenvalue weighted by Crippen LogP contribution is 2.24. The summed E-state index contributed by atoms with van der Waals surface area (Å²) in [5, 5.41) is 14.2. The monoisotopic (exact) mass is 269 g/mol. The van der Waals surface area contributed by atoms with Gasteiger partial charge in [-0.1, -0.05) is 22.9 Å². The summed E-state index contributed by atoms with van der Waals surface area (Å²) >= 11 is 6.89. The number of nitro groups is 1. The van der Waals surface area contributed by atoms with E-state index in [9.17, 15) is 10.1 Å². The molecule has 0 amide bonds. The topological polar surface area (TPSA) is 68.1 Å². The van der Waals surface area contributed by atoms with Crippen LogP contribution in [0, 0.1) is 10.1 Å². The van der Waals surface area contributed by atoms with E-state index < -0.39 is 4.92 Å². The van der Waals surface area contributed by atoms with Gasteiger partial charge in [0.1, 0.15) is 5.15 Å². The molecule has 0 spiro atoms. The molecule has 2 rings (SSSR count). The number of nitrogens with one attached hydrogen (secondary N) is 1. The fourth-order valence-electron chi connectivity index (χ4n) is 1.26. The van der Waals surface area contributed by atoms with Gasteiger partial charge in [-0.3, -0.25) is 10.1 Å². The van der Waals surface area contributed by atoms with E-state index in [1.807, 2.05) is 0 Å². The van der Waals surface area contributed by atoms with Crippen LogP contribution in [0.3, 0.4) is 0 Å². The first-order chi connectivity index (χ1) is 8.15. The molecule has 0 aromatic carbocycles. The van der Waals surface area contributed by atoms with Crippen LogP contribution in [-0.4, -0.2) is 9.91 Å². The van der Waals surface area contributed by atoms with Crippen molar-refractivity contribution in [3.8, 4) is 0 Å². The number of rotatable bonds is 4. The molecule has 0 aliphatic rings. The molecule has 0 aliphatic heterocycles. The van der Waals surface area contributed by atoms with E-state index in [1.165, 1.54) is 6.07 Å². The molecule has 2 aromatic heterocycles. The molecular weight excluding hydrogens is 262 g/mol. The fraction of sp³-hybridized carbons (Fsp3) is 0.100. The number of hydrogen-bond acceptors (Lipinski definition) is 5. The SMILES string of the molecule is O=[N+]([O-])c1ccc(CNc2ccnc(Cl)c2)s1. The lowest BCUT2D eigenvalue weighted by atomic mass is 10.4. The Morgan fingerprint density at radius 1 is 1.47 bits per heavy atom. The van der Waals surface area contributed by atoms with Crippen LogP contribution in [0.2, 0.25) is 5.15 Å². The summed E-state index contributed by atoms with van der Waals surface area (Å²) in [5.41, 5.74) is 0.834. The van der Waals surface area contributed by atoms with E-state index in [1.54, 1.807) is 24.4 Å². The van der Waals surface area contributed by atoms with E-state index in [4.69, 9.17) is 11.6 Å². The van der Waals surface area contributed by atoms with Crippen molar-refractivity contribution in [1.29, 1.82) is 0 Å². The van der Waals surface area contributed by atoms with Gasteiger partial charge in [0.05, 0.1) is 4.92 Å². The Bertz CT molecular complexity index is 544. The zero-order valence-corrected chi connectivity index (χ0v) is 10.2. The van der Waals surface area contributed by atoms with E-state index in [-0.39, 0.29) is 5.00 Å². The molecule has 0 fully saturated rings. The maximum absolute atomic E-state index is 10.5. The van der Waals surface area contributed by atoms with E-state index in [2.05, 4.69) is 10.3 Å². The Balaban J connectivity index is 2.00. The normalized spacial score (nSPS) is 10.2. The number of nitrogens with zero attached hydrogens (tertiary/aromatic N) is 2. The second-order valence-corrected chi connectivity index (χ2v) is 4.75. The largest absolute Gasteiger partial charge is 0.380 e. The number of anilines is 1. The Hall–Kier alpha value is -1.66. The molecule has 1 N–H and O–H groups in total. The molecule has 0 atom stereocenters. The van der Waals surface area contributed by atoms with Crippen LogP contribution in [0.1, 0.15) is 4.88 Å². The van der Waals surface area contributed by atoms with Crippen molar-refractivity contribution in [2.45, 2.75) is 6.54 Å². The lowest BCUT2D eigenvalue weighted by Crippen LogP contribution is -1.97. The Labute approximate surface area is 106 Å². The number of hydrogen-bond donors (Lipinski definition) is 1. The predicted octanol–water partition coefficient (Wildman–Crippen LogP) is 3.32. The van der Waals surface area contributed by atoms with Gasteiger partial charge in [0, 0.05) is 29.4 Å². The average Bonchev–Trinajstić information content (AvgIpc) is 2.75. The number of thiophene rings is 1. The van der Waals surface area contributed by atoms with E-state index in [0.29, 0.717) is 11.7 Å². The standard InChI is InChI=1S/C10H8ClN3O2S/c11-9-5-7(3-4-12-9)13-6-8-1-2-10(17-8)14(15)16/h1-5H,6H2,(H,12,13). The molecule has 0 bridgehead atoms. The lowest BCUT2D eigenvalue weighted by Gasteiger charge is -2.03. The van der Waals surface area contributed by atoms with Crippen molar-refractivity contribution in [3.63, 3.8) is 0 Å². The molecule has 0 unspecified atom stereocenters. The van der Waals surface area contributed by atoms with Crippen LogP contribution in [0.5, 0.6) is 0 Å².